The number of halogens is 3. The molecule has 1 saturated heterocycles. The number of aryl methyl sites for hydroxylation is 1. The number of aromatic amines is 1. The van der Waals surface area contributed by atoms with Gasteiger partial charge in [0.1, 0.15) is 23.5 Å². The molecule has 4 heterocycles. The van der Waals surface area contributed by atoms with Gasteiger partial charge in [-0.2, -0.15) is 0 Å². The lowest BCUT2D eigenvalue weighted by molar-refractivity contribution is 0.0948. The van der Waals surface area contributed by atoms with E-state index in [1.54, 1.807) is 25.3 Å². The Morgan fingerprint density at radius 1 is 1.05 bits per heavy atom. The number of rotatable bonds is 9. The fraction of sp³-hybridized carbons (Fsp3) is 0.429. The fourth-order valence-electron chi connectivity index (χ4n) is 5.10. The molecule has 0 spiro atoms. The third-order valence-corrected chi connectivity index (χ3v) is 8.36. The molecule has 0 radical (unpaired) electrons. The molecule has 7 N–H and O–H groups in total. The Bertz CT molecular complexity index is 1960. The Morgan fingerprint density at radius 2 is 1.68 bits per heavy atom. The molecule has 7 rings (SSSR count). The molecule has 2 saturated carbocycles. The molecular formula is C42H59F3N10O2. The highest BCUT2D eigenvalue weighted by molar-refractivity contribution is 6.01. The van der Waals surface area contributed by atoms with Gasteiger partial charge in [0.2, 0.25) is 5.88 Å². The van der Waals surface area contributed by atoms with E-state index in [1.807, 2.05) is 40.7 Å². The Hall–Kier alpha value is -5.25. The van der Waals surface area contributed by atoms with Gasteiger partial charge in [0.15, 0.2) is 23.2 Å². The summed E-state index contributed by atoms with van der Waals surface area (Å²) in [6.07, 6.45) is 8.86. The van der Waals surface area contributed by atoms with E-state index in [9.17, 15) is 13.6 Å². The predicted molar refractivity (Wildman–Crippen MR) is 225 cm³/mol. The molecule has 3 aliphatic rings. The minimum atomic E-state index is -0.765. The zero-order valence-corrected chi connectivity index (χ0v) is 34.3. The quantitative estimate of drug-likeness (QED) is 0.104. The predicted octanol–water partition coefficient (Wildman–Crippen LogP) is 8.21. The Kier molecular flexibility index (Phi) is 18.2. The van der Waals surface area contributed by atoms with Crippen LogP contribution in [0.2, 0.25) is 0 Å². The minimum absolute atomic E-state index is 0.0282. The van der Waals surface area contributed by atoms with E-state index in [0.29, 0.717) is 23.1 Å². The van der Waals surface area contributed by atoms with Crippen LogP contribution in [-0.2, 0) is 0 Å². The molecule has 310 valence electrons. The van der Waals surface area contributed by atoms with Crippen LogP contribution in [0, 0.1) is 18.6 Å². The number of benzene rings is 1. The summed E-state index contributed by atoms with van der Waals surface area (Å²) in [5.41, 5.74) is 13.1. The topological polar surface area (TPSA) is 163 Å². The smallest absolute Gasteiger partial charge is 0.260 e. The third-order valence-electron chi connectivity index (χ3n) is 8.36. The van der Waals surface area contributed by atoms with Gasteiger partial charge in [0.25, 0.3) is 5.91 Å². The first-order valence-electron chi connectivity index (χ1n) is 19.3. The molecule has 3 fully saturated rings. The molecule has 0 unspecified atom stereocenters. The van der Waals surface area contributed by atoms with E-state index in [4.69, 9.17) is 16.2 Å². The molecule has 1 aromatic carbocycles. The number of nitrogens with zero attached hydrogens (tertiary/aromatic N) is 5. The molecule has 0 atom stereocenters. The third kappa shape index (κ3) is 14.6. The highest BCUT2D eigenvalue weighted by atomic mass is 19.1. The van der Waals surface area contributed by atoms with Crippen LogP contribution >= 0.6 is 0 Å². The second kappa shape index (κ2) is 22.5. The van der Waals surface area contributed by atoms with Crippen LogP contribution < -0.4 is 31.7 Å². The maximum Gasteiger partial charge on any atom is 0.260 e. The van der Waals surface area contributed by atoms with E-state index in [-0.39, 0.29) is 34.2 Å². The number of likely N-dealkylation sites (N-methyl/N-ethyl adjacent to an activating group) is 1. The molecule has 1 aliphatic heterocycles. The number of ether oxygens (including phenoxy) is 1. The summed E-state index contributed by atoms with van der Waals surface area (Å²) in [6.45, 7) is 22.4. The fourth-order valence-corrected chi connectivity index (χ4v) is 5.10. The highest BCUT2D eigenvalue weighted by Gasteiger charge is 2.29. The van der Waals surface area contributed by atoms with Crippen molar-refractivity contribution in [3.63, 3.8) is 0 Å². The van der Waals surface area contributed by atoms with E-state index < -0.39 is 29.1 Å². The summed E-state index contributed by atoms with van der Waals surface area (Å²) >= 11 is 0. The van der Waals surface area contributed by atoms with Crippen molar-refractivity contribution in [3.8, 4) is 11.6 Å². The van der Waals surface area contributed by atoms with E-state index in [0.717, 1.165) is 62.9 Å². The standard InChI is InChI=1S/C27H28F2N8O2.C8H11F.C3H7N.C2H7N.C2H6/c1-15-11-18-23(29)20(12-19(28)24(18)33-15)39-27-22(26(38)34-16-3-4-16)25(31-14-32-27)35-21-6-5-17(13-30-21)37-9-7-36(2)8-10-37;1-6(2)5-7(3)8(4)9;4-3-1-2-3;1-2-3;1-2/h5-6,11-14,16,33H,3-4,7-10H2,1-2H3,(H,34,38)(H,30,31,32,35);5H,3-4H2,1-2H3;3H,1-2,4H2;2-3H2,1H3;1-2H3. The summed E-state index contributed by atoms with van der Waals surface area (Å²) in [5, 5.41) is 6.01. The molecule has 3 aromatic heterocycles. The van der Waals surface area contributed by atoms with Crippen molar-refractivity contribution in [2.45, 2.75) is 79.3 Å². The second-order valence-electron chi connectivity index (χ2n) is 13.9. The number of nitrogens with one attached hydrogen (secondary N) is 3. The molecular weight excluding hydrogens is 734 g/mol. The summed E-state index contributed by atoms with van der Waals surface area (Å²) in [4.78, 5) is 33.4. The molecule has 1 amide bonds. The Balaban J connectivity index is 0.000000404. The first-order chi connectivity index (χ1) is 27.2. The number of amides is 1. The van der Waals surface area contributed by atoms with Gasteiger partial charge in [-0.25, -0.2) is 28.1 Å². The normalized spacial score (nSPS) is 14.5. The first-order valence-corrected chi connectivity index (χ1v) is 19.3. The van der Waals surface area contributed by atoms with Crippen LogP contribution in [-0.4, -0.2) is 82.6 Å². The zero-order chi connectivity index (χ0) is 42.2. The van der Waals surface area contributed by atoms with Crippen molar-refractivity contribution >= 4 is 34.1 Å². The number of pyridine rings is 1. The Morgan fingerprint density at radius 3 is 2.19 bits per heavy atom. The number of H-pyrrole nitrogens is 1. The van der Waals surface area contributed by atoms with Crippen molar-refractivity contribution in [3.05, 3.63) is 95.9 Å². The average molecular weight is 793 g/mol. The lowest BCUT2D eigenvalue weighted by Gasteiger charge is -2.33. The Labute approximate surface area is 334 Å². The monoisotopic (exact) mass is 792 g/mol. The van der Waals surface area contributed by atoms with Gasteiger partial charge in [-0.3, -0.25) is 4.79 Å². The summed E-state index contributed by atoms with van der Waals surface area (Å²) in [7, 11) is 2.10. The molecule has 15 heteroatoms. The molecule has 2 aliphatic carbocycles. The largest absolute Gasteiger partial charge is 0.435 e. The molecule has 57 heavy (non-hydrogen) atoms. The van der Waals surface area contributed by atoms with Crippen molar-refractivity contribution < 1.29 is 22.7 Å². The molecule has 12 nitrogen and oxygen atoms in total. The number of hydrogen-bond donors (Lipinski definition) is 5. The molecule has 4 aromatic rings. The number of carbonyl (C=O) groups is 1. The van der Waals surface area contributed by atoms with E-state index in [1.165, 1.54) is 25.2 Å². The minimum Gasteiger partial charge on any atom is -0.435 e. The van der Waals surface area contributed by atoms with E-state index >= 15 is 4.39 Å². The summed E-state index contributed by atoms with van der Waals surface area (Å²) in [6, 6.07) is 6.80. The number of fused-ring (bicyclic) bond motifs is 1. The SMILES string of the molecule is C=C(F)C(=C)C=C(C)C.CC.CCN.Cc1cc2c(F)c(Oc3ncnc(Nc4ccc(N5CCN(C)CC5)cn4)c3C(=O)NC3CC3)cc(F)c2[nH]1.NC1CC1. The molecule has 0 bridgehead atoms. The van der Waals surface area contributed by atoms with Crippen LogP contribution in [0.5, 0.6) is 11.6 Å². The van der Waals surface area contributed by atoms with Crippen molar-refractivity contribution in [1.29, 1.82) is 0 Å². The van der Waals surface area contributed by atoms with Gasteiger partial charge in [-0.1, -0.05) is 45.6 Å². The van der Waals surface area contributed by atoms with Crippen molar-refractivity contribution in [2.75, 3.05) is 50.0 Å². The number of anilines is 3. The number of piperazine rings is 1. The number of allylic oxidation sites excluding steroid dienone is 4. The van der Waals surface area contributed by atoms with Gasteiger partial charge in [-0.05, 0) is 78.2 Å². The van der Waals surface area contributed by atoms with Crippen molar-refractivity contribution in [2.24, 2.45) is 11.5 Å². The highest BCUT2D eigenvalue weighted by Crippen LogP contribution is 2.35. The number of carbonyl (C=O) groups excluding carboxylic acids is 1. The lowest BCUT2D eigenvalue weighted by atomic mass is 10.2. The van der Waals surface area contributed by atoms with Crippen LogP contribution in [0.4, 0.5) is 30.5 Å². The lowest BCUT2D eigenvalue weighted by Crippen LogP contribution is -2.44. The zero-order valence-electron chi connectivity index (χ0n) is 34.3. The van der Waals surface area contributed by atoms with E-state index in [2.05, 4.69) is 60.6 Å². The van der Waals surface area contributed by atoms with Crippen LogP contribution in [0.1, 0.15) is 76.4 Å². The van der Waals surface area contributed by atoms with Crippen molar-refractivity contribution in [1.82, 2.24) is 30.2 Å². The van der Waals surface area contributed by atoms with Gasteiger partial charge >= 0.3 is 0 Å². The van der Waals surface area contributed by atoms with Gasteiger partial charge in [0.05, 0.1) is 17.4 Å². The summed E-state index contributed by atoms with van der Waals surface area (Å²) < 4.78 is 47.8. The van der Waals surface area contributed by atoms with Crippen LogP contribution in [0.3, 0.4) is 0 Å². The second-order valence-corrected chi connectivity index (χ2v) is 13.9. The number of nitrogens with two attached hydrogens (primary N) is 2. The van der Waals surface area contributed by atoms with Gasteiger partial charge < -0.3 is 41.6 Å². The van der Waals surface area contributed by atoms with Crippen LogP contribution in [0.25, 0.3) is 10.9 Å². The van der Waals surface area contributed by atoms with Gasteiger partial charge in [-0.15, -0.1) is 0 Å². The average Bonchev–Trinajstić information content (AvgIpc) is 4.12. The van der Waals surface area contributed by atoms with Gasteiger partial charge in [0, 0.05) is 61.0 Å². The number of hydrogen-bond acceptors (Lipinski definition) is 10. The first kappa shape index (κ1) is 46.1. The maximum atomic E-state index is 15.3. The summed E-state index contributed by atoms with van der Waals surface area (Å²) in [5.74, 6) is -2.39. The maximum absolute atomic E-state index is 15.3. The van der Waals surface area contributed by atoms with Crippen LogP contribution in [0.15, 0.2) is 73.0 Å². The number of aromatic nitrogens is 4.